The van der Waals surface area contributed by atoms with Crippen LogP contribution in [0.1, 0.15) is 65.2 Å². The van der Waals surface area contributed by atoms with Crippen LogP contribution in [0.2, 0.25) is 0 Å². The quantitative estimate of drug-likeness (QED) is 0.399. The van der Waals surface area contributed by atoms with Crippen molar-refractivity contribution in [1.29, 1.82) is 0 Å². The van der Waals surface area contributed by atoms with E-state index in [-0.39, 0.29) is 5.97 Å². The van der Waals surface area contributed by atoms with Crippen molar-refractivity contribution in [1.82, 2.24) is 0 Å². The monoisotopic (exact) mass is 294 g/mol. The predicted octanol–water partition coefficient (Wildman–Crippen LogP) is 3.85. The van der Waals surface area contributed by atoms with Gasteiger partial charge in [-0.1, -0.05) is 26.0 Å². The fraction of sp³-hybridized carbons (Fsp3) is 0.833. The number of carbonyl (C=O) groups excluding carboxylic acids is 1. The minimum Gasteiger partial charge on any atom is -0.466 e. The fourth-order valence-corrected chi connectivity index (χ4v) is 3.79. The van der Waals surface area contributed by atoms with Crippen LogP contribution < -0.4 is 0 Å². The number of rotatable bonds is 9. The zero-order valence-corrected chi connectivity index (χ0v) is 13.5. The summed E-state index contributed by atoms with van der Waals surface area (Å²) in [6, 6.07) is 0. The maximum absolute atomic E-state index is 11.8. The highest BCUT2D eigenvalue weighted by atomic mass is 16.5. The average Bonchev–Trinajstić information content (AvgIpc) is 3.12. The normalized spacial score (nSPS) is 27.3. The van der Waals surface area contributed by atoms with E-state index in [1.807, 2.05) is 13.8 Å². The lowest BCUT2D eigenvalue weighted by Crippen LogP contribution is -2.27. The highest BCUT2D eigenvalue weighted by Gasteiger charge is 2.35. The second-order valence-electron chi connectivity index (χ2n) is 6.83. The van der Waals surface area contributed by atoms with Crippen molar-refractivity contribution in [2.24, 2.45) is 17.8 Å². The topological polar surface area (TPSA) is 46.5 Å². The van der Waals surface area contributed by atoms with E-state index in [1.165, 1.54) is 12.8 Å². The van der Waals surface area contributed by atoms with Crippen LogP contribution in [0.25, 0.3) is 0 Å². The molecule has 2 bridgehead atoms. The standard InChI is InChI=1S/C18H30O3/c1-3-18(20,4-2)10-5-11-21-17(19)9-8-16-13-14-6-7-15(16)12-14/h6-7,14-16,20H,3-5,8-13H2,1-2H3. The van der Waals surface area contributed by atoms with Crippen LogP contribution in [-0.4, -0.2) is 23.3 Å². The van der Waals surface area contributed by atoms with E-state index in [1.54, 1.807) is 0 Å². The molecule has 0 amide bonds. The van der Waals surface area contributed by atoms with Crippen molar-refractivity contribution in [3.63, 3.8) is 0 Å². The first-order valence-electron chi connectivity index (χ1n) is 8.62. The lowest BCUT2D eigenvalue weighted by atomic mass is 9.89. The first kappa shape index (κ1) is 16.5. The first-order valence-corrected chi connectivity index (χ1v) is 8.62. The predicted molar refractivity (Wildman–Crippen MR) is 83.8 cm³/mol. The SMILES string of the molecule is CCC(O)(CC)CCCOC(=O)CCC1CC2C=CC1C2. The van der Waals surface area contributed by atoms with Gasteiger partial charge in [-0.25, -0.2) is 0 Å². The summed E-state index contributed by atoms with van der Waals surface area (Å²) in [6.07, 6.45) is 11.7. The molecule has 2 rings (SSSR count). The Hall–Kier alpha value is -0.830. The Bertz CT molecular complexity index is 371. The summed E-state index contributed by atoms with van der Waals surface area (Å²) in [6.45, 7) is 4.44. The molecule has 3 nitrogen and oxygen atoms in total. The molecule has 0 aromatic heterocycles. The molecular weight excluding hydrogens is 264 g/mol. The van der Waals surface area contributed by atoms with Crippen LogP contribution in [0, 0.1) is 17.8 Å². The molecule has 120 valence electrons. The van der Waals surface area contributed by atoms with Crippen molar-refractivity contribution >= 4 is 5.97 Å². The summed E-state index contributed by atoms with van der Waals surface area (Å²) in [7, 11) is 0. The number of allylic oxidation sites excluding steroid dienone is 2. The zero-order chi connectivity index (χ0) is 15.3. The van der Waals surface area contributed by atoms with E-state index < -0.39 is 5.60 Å². The molecule has 0 heterocycles. The highest BCUT2D eigenvalue weighted by molar-refractivity contribution is 5.69. The van der Waals surface area contributed by atoms with Crippen molar-refractivity contribution in [2.75, 3.05) is 6.61 Å². The van der Waals surface area contributed by atoms with Gasteiger partial charge in [0.05, 0.1) is 12.2 Å². The summed E-state index contributed by atoms with van der Waals surface area (Å²) in [4.78, 5) is 11.8. The van der Waals surface area contributed by atoms with Crippen LogP contribution in [-0.2, 0) is 9.53 Å². The van der Waals surface area contributed by atoms with Crippen LogP contribution in [0.15, 0.2) is 12.2 Å². The maximum atomic E-state index is 11.8. The van der Waals surface area contributed by atoms with E-state index in [0.717, 1.165) is 31.6 Å². The Morgan fingerprint density at radius 1 is 1.29 bits per heavy atom. The van der Waals surface area contributed by atoms with E-state index in [9.17, 15) is 9.90 Å². The second kappa shape index (κ2) is 7.44. The minimum absolute atomic E-state index is 0.0710. The largest absolute Gasteiger partial charge is 0.466 e. The summed E-state index contributed by atoms with van der Waals surface area (Å²) in [5, 5.41) is 10.2. The lowest BCUT2D eigenvalue weighted by molar-refractivity contribution is -0.144. The molecule has 1 saturated carbocycles. The van der Waals surface area contributed by atoms with Gasteiger partial charge >= 0.3 is 5.97 Å². The fourth-order valence-electron chi connectivity index (χ4n) is 3.79. The third kappa shape index (κ3) is 4.57. The maximum Gasteiger partial charge on any atom is 0.305 e. The molecule has 0 aromatic rings. The number of carbonyl (C=O) groups is 1. The smallest absolute Gasteiger partial charge is 0.305 e. The molecule has 0 aliphatic heterocycles. The lowest BCUT2D eigenvalue weighted by Gasteiger charge is -2.24. The van der Waals surface area contributed by atoms with E-state index in [4.69, 9.17) is 4.74 Å². The molecule has 0 saturated heterocycles. The molecule has 1 N–H and O–H groups in total. The van der Waals surface area contributed by atoms with Crippen molar-refractivity contribution in [3.05, 3.63) is 12.2 Å². The highest BCUT2D eigenvalue weighted by Crippen LogP contribution is 2.45. The van der Waals surface area contributed by atoms with Crippen molar-refractivity contribution in [2.45, 2.75) is 70.8 Å². The van der Waals surface area contributed by atoms with Gasteiger partial charge in [0.25, 0.3) is 0 Å². The van der Waals surface area contributed by atoms with Gasteiger partial charge in [0.2, 0.25) is 0 Å². The van der Waals surface area contributed by atoms with E-state index >= 15 is 0 Å². The third-order valence-electron chi connectivity index (χ3n) is 5.50. The van der Waals surface area contributed by atoms with Gasteiger partial charge < -0.3 is 9.84 Å². The summed E-state index contributed by atoms with van der Waals surface area (Å²) in [5.74, 6) is 2.11. The Balaban J connectivity index is 1.55. The summed E-state index contributed by atoms with van der Waals surface area (Å²) < 4.78 is 5.30. The second-order valence-corrected chi connectivity index (χ2v) is 6.83. The number of aliphatic hydroxyl groups is 1. The number of hydrogen-bond acceptors (Lipinski definition) is 3. The van der Waals surface area contributed by atoms with Gasteiger partial charge in [0.1, 0.15) is 0 Å². The number of ether oxygens (including phenoxy) is 1. The van der Waals surface area contributed by atoms with Crippen molar-refractivity contribution in [3.8, 4) is 0 Å². The van der Waals surface area contributed by atoms with Gasteiger partial charge in [-0.15, -0.1) is 0 Å². The average molecular weight is 294 g/mol. The van der Waals surface area contributed by atoms with Crippen LogP contribution in [0.3, 0.4) is 0 Å². The Morgan fingerprint density at radius 3 is 2.62 bits per heavy atom. The molecular formula is C18H30O3. The number of esters is 1. The van der Waals surface area contributed by atoms with E-state index in [2.05, 4.69) is 12.2 Å². The van der Waals surface area contributed by atoms with Crippen molar-refractivity contribution < 1.29 is 14.6 Å². The molecule has 21 heavy (non-hydrogen) atoms. The summed E-state index contributed by atoms with van der Waals surface area (Å²) in [5.41, 5.74) is -0.582. The third-order valence-corrected chi connectivity index (χ3v) is 5.50. The number of fused-ring (bicyclic) bond motifs is 2. The molecule has 2 aliphatic rings. The number of hydrogen-bond donors (Lipinski definition) is 1. The van der Waals surface area contributed by atoms with E-state index in [0.29, 0.717) is 31.3 Å². The molecule has 2 aliphatic carbocycles. The van der Waals surface area contributed by atoms with Crippen LogP contribution in [0.5, 0.6) is 0 Å². The first-order chi connectivity index (χ1) is 10.1. The van der Waals surface area contributed by atoms with Gasteiger partial charge in [-0.05, 0) is 62.7 Å². The Morgan fingerprint density at radius 2 is 2.05 bits per heavy atom. The van der Waals surface area contributed by atoms with Gasteiger partial charge in [0, 0.05) is 6.42 Å². The Kier molecular flexibility index (Phi) is 5.86. The zero-order valence-electron chi connectivity index (χ0n) is 13.5. The van der Waals surface area contributed by atoms with Gasteiger partial charge in [-0.2, -0.15) is 0 Å². The molecule has 0 aromatic carbocycles. The van der Waals surface area contributed by atoms with Crippen LogP contribution >= 0.6 is 0 Å². The molecule has 0 spiro atoms. The Labute approximate surface area is 128 Å². The summed E-state index contributed by atoms with van der Waals surface area (Å²) >= 11 is 0. The van der Waals surface area contributed by atoms with Gasteiger partial charge in [-0.3, -0.25) is 4.79 Å². The molecule has 3 heteroatoms. The molecule has 3 unspecified atom stereocenters. The minimum atomic E-state index is -0.582. The molecule has 0 radical (unpaired) electrons. The van der Waals surface area contributed by atoms with Gasteiger partial charge in [0.15, 0.2) is 0 Å². The molecule has 1 fully saturated rings. The van der Waals surface area contributed by atoms with Crippen LogP contribution in [0.4, 0.5) is 0 Å². The molecule has 3 atom stereocenters.